The highest BCUT2D eigenvalue weighted by Crippen LogP contribution is 2.25. The van der Waals surface area contributed by atoms with Crippen molar-refractivity contribution in [2.75, 3.05) is 32.0 Å². The second-order valence-corrected chi connectivity index (χ2v) is 6.01. The van der Waals surface area contributed by atoms with Gasteiger partial charge in [-0.1, -0.05) is 24.3 Å². The maximum absolute atomic E-state index is 5.97. The molecule has 0 radical (unpaired) electrons. The number of nitrogens with two attached hydrogens (primary N) is 1. The lowest BCUT2D eigenvalue weighted by Crippen LogP contribution is -2.37. The summed E-state index contributed by atoms with van der Waals surface area (Å²) in [4.78, 5) is 6.88. The van der Waals surface area contributed by atoms with Crippen LogP contribution in [-0.4, -0.2) is 50.8 Å². The molecule has 7 heteroatoms. The molecule has 1 aromatic carbocycles. The Hall–Kier alpha value is -2.51. The molecule has 1 atom stereocenters. The van der Waals surface area contributed by atoms with Gasteiger partial charge in [-0.05, 0) is 12.5 Å². The standard InChI is InChI=1S/C17H20N6O/c1-12(22-6-8-24-9-7-22)13-2-4-14(5-3-13)15-10-16-21-19-11-23(16)17(18)20-15/h2-5,10-12H,6-9H2,1H3,(H2,18,20)/t12-/m0/s1. The molecule has 2 aromatic heterocycles. The first-order valence-corrected chi connectivity index (χ1v) is 8.11. The molecule has 0 unspecified atom stereocenters. The molecule has 0 aliphatic carbocycles. The Balaban J connectivity index is 1.60. The van der Waals surface area contributed by atoms with Gasteiger partial charge in [-0.3, -0.25) is 9.30 Å². The number of hydrogen-bond acceptors (Lipinski definition) is 6. The van der Waals surface area contributed by atoms with E-state index in [1.165, 1.54) is 5.56 Å². The molecule has 1 saturated heterocycles. The van der Waals surface area contributed by atoms with Crippen molar-refractivity contribution in [3.8, 4) is 11.3 Å². The molecule has 0 saturated carbocycles. The lowest BCUT2D eigenvalue weighted by Gasteiger charge is -2.32. The normalized spacial score (nSPS) is 17.2. The second kappa shape index (κ2) is 6.18. The third-order valence-corrected chi connectivity index (χ3v) is 4.60. The van der Waals surface area contributed by atoms with E-state index < -0.39 is 0 Å². The zero-order valence-corrected chi connectivity index (χ0v) is 13.6. The van der Waals surface area contributed by atoms with Crippen molar-refractivity contribution >= 4 is 11.6 Å². The summed E-state index contributed by atoms with van der Waals surface area (Å²) in [6.07, 6.45) is 1.56. The minimum atomic E-state index is 0.375. The maximum atomic E-state index is 5.97. The molecule has 1 aliphatic rings. The lowest BCUT2D eigenvalue weighted by atomic mass is 10.0. The fourth-order valence-corrected chi connectivity index (χ4v) is 3.11. The number of nitrogens with zero attached hydrogens (tertiary/aromatic N) is 5. The molecular formula is C17H20N6O. The highest BCUT2D eigenvalue weighted by atomic mass is 16.5. The lowest BCUT2D eigenvalue weighted by molar-refractivity contribution is 0.0198. The monoisotopic (exact) mass is 324 g/mol. The summed E-state index contributed by atoms with van der Waals surface area (Å²) in [6.45, 7) is 5.81. The fourth-order valence-electron chi connectivity index (χ4n) is 3.11. The van der Waals surface area contributed by atoms with E-state index in [4.69, 9.17) is 10.5 Å². The molecular weight excluding hydrogens is 304 g/mol. The van der Waals surface area contributed by atoms with E-state index in [1.54, 1.807) is 10.7 Å². The molecule has 124 valence electrons. The van der Waals surface area contributed by atoms with Crippen LogP contribution in [0.5, 0.6) is 0 Å². The van der Waals surface area contributed by atoms with Crippen LogP contribution in [0.3, 0.4) is 0 Å². The molecule has 1 fully saturated rings. The van der Waals surface area contributed by atoms with Gasteiger partial charge in [0.05, 0.1) is 18.9 Å². The first-order valence-electron chi connectivity index (χ1n) is 8.11. The molecule has 0 spiro atoms. The Morgan fingerprint density at radius 1 is 1.17 bits per heavy atom. The Bertz CT molecular complexity index is 838. The predicted molar refractivity (Wildman–Crippen MR) is 91.4 cm³/mol. The summed E-state index contributed by atoms with van der Waals surface area (Å²) in [5, 5.41) is 7.91. The van der Waals surface area contributed by atoms with Crippen LogP contribution in [0.4, 0.5) is 5.95 Å². The van der Waals surface area contributed by atoms with Gasteiger partial charge in [-0.2, -0.15) is 0 Å². The van der Waals surface area contributed by atoms with Crippen molar-refractivity contribution < 1.29 is 4.74 Å². The average Bonchev–Trinajstić information content (AvgIpc) is 3.11. The molecule has 1 aliphatic heterocycles. The van der Waals surface area contributed by atoms with Crippen molar-refractivity contribution in [2.24, 2.45) is 0 Å². The predicted octanol–water partition coefficient (Wildman–Crippen LogP) is 1.77. The van der Waals surface area contributed by atoms with Crippen LogP contribution in [-0.2, 0) is 4.74 Å². The van der Waals surface area contributed by atoms with Crippen molar-refractivity contribution in [3.05, 3.63) is 42.2 Å². The molecule has 2 N–H and O–H groups in total. The summed E-state index contributed by atoms with van der Waals surface area (Å²) >= 11 is 0. The smallest absolute Gasteiger partial charge is 0.207 e. The number of anilines is 1. The van der Waals surface area contributed by atoms with Crippen molar-refractivity contribution in [1.82, 2.24) is 24.5 Å². The van der Waals surface area contributed by atoms with Gasteiger partial charge in [-0.25, -0.2) is 4.98 Å². The summed E-state index contributed by atoms with van der Waals surface area (Å²) in [5.74, 6) is 0.387. The van der Waals surface area contributed by atoms with Crippen LogP contribution in [0.15, 0.2) is 36.7 Å². The summed E-state index contributed by atoms with van der Waals surface area (Å²) in [7, 11) is 0. The van der Waals surface area contributed by atoms with E-state index in [0.29, 0.717) is 17.6 Å². The number of ether oxygens (including phenoxy) is 1. The van der Waals surface area contributed by atoms with Gasteiger partial charge in [-0.15, -0.1) is 10.2 Å². The van der Waals surface area contributed by atoms with Gasteiger partial charge in [0.15, 0.2) is 5.65 Å². The number of nitrogen functional groups attached to an aromatic ring is 1. The number of fused-ring (bicyclic) bond motifs is 1. The van der Waals surface area contributed by atoms with Crippen LogP contribution < -0.4 is 5.73 Å². The van der Waals surface area contributed by atoms with Gasteiger partial charge >= 0.3 is 0 Å². The van der Waals surface area contributed by atoms with E-state index in [0.717, 1.165) is 37.6 Å². The summed E-state index contributed by atoms with van der Waals surface area (Å²) in [6, 6.07) is 10.7. The van der Waals surface area contributed by atoms with Gasteiger partial charge in [0.2, 0.25) is 5.95 Å². The zero-order valence-electron chi connectivity index (χ0n) is 13.6. The van der Waals surface area contributed by atoms with Crippen LogP contribution in [0.1, 0.15) is 18.5 Å². The molecule has 0 bridgehead atoms. The average molecular weight is 324 g/mol. The van der Waals surface area contributed by atoms with E-state index in [1.807, 2.05) is 6.07 Å². The quantitative estimate of drug-likeness (QED) is 0.791. The second-order valence-electron chi connectivity index (χ2n) is 6.01. The largest absolute Gasteiger partial charge is 0.379 e. The minimum Gasteiger partial charge on any atom is -0.379 e. The Kier molecular flexibility index (Phi) is 3.87. The van der Waals surface area contributed by atoms with E-state index in [-0.39, 0.29) is 0 Å². The Morgan fingerprint density at radius 3 is 2.67 bits per heavy atom. The van der Waals surface area contributed by atoms with E-state index in [9.17, 15) is 0 Å². The van der Waals surface area contributed by atoms with Gasteiger partial charge in [0.1, 0.15) is 6.33 Å². The zero-order chi connectivity index (χ0) is 16.5. The molecule has 4 rings (SSSR count). The maximum Gasteiger partial charge on any atom is 0.207 e. The van der Waals surface area contributed by atoms with Crippen molar-refractivity contribution in [1.29, 1.82) is 0 Å². The Morgan fingerprint density at radius 2 is 1.92 bits per heavy atom. The number of rotatable bonds is 3. The van der Waals surface area contributed by atoms with Gasteiger partial charge in [0, 0.05) is 30.8 Å². The highest BCUT2D eigenvalue weighted by Gasteiger charge is 2.18. The molecule has 24 heavy (non-hydrogen) atoms. The van der Waals surface area contributed by atoms with Crippen LogP contribution in [0.2, 0.25) is 0 Å². The number of morpholine rings is 1. The van der Waals surface area contributed by atoms with Crippen LogP contribution in [0, 0.1) is 0 Å². The van der Waals surface area contributed by atoms with Crippen LogP contribution in [0.25, 0.3) is 16.9 Å². The SMILES string of the molecule is C[C@@H](c1ccc(-c2cc3nncn3c(N)n2)cc1)N1CCOCC1. The van der Waals surface area contributed by atoms with Gasteiger partial charge < -0.3 is 10.5 Å². The highest BCUT2D eigenvalue weighted by molar-refractivity contribution is 5.65. The van der Waals surface area contributed by atoms with Crippen molar-refractivity contribution in [3.63, 3.8) is 0 Å². The van der Waals surface area contributed by atoms with E-state index in [2.05, 4.69) is 51.3 Å². The van der Waals surface area contributed by atoms with E-state index >= 15 is 0 Å². The first-order chi connectivity index (χ1) is 11.7. The Labute approximate surface area is 140 Å². The summed E-state index contributed by atoms with van der Waals surface area (Å²) < 4.78 is 7.09. The minimum absolute atomic E-state index is 0.375. The number of hydrogen-bond donors (Lipinski definition) is 1. The molecule has 7 nitrogen and oxygen atoms in total. The topological polar surface area (TPSA) is 81.6 Å². The van der Waals surface area contributed by atoms with Crippen molar-refractivity contribution in [2.45, 2.75) is 13.0 Å². The molecule has 3 aromatic rings. The third kappa shape index (κ3) is 2.72. The first kappa shape index (κ1) is 15.0. The third-order valence-electron chi connectivity index (χ3n) is 4.60. The summed E-state index contributed by atoms with van der Waals surface area (Å²) in [5.41, 5.74) is 9.78. The number of aromatic nitrogens is 4. The molecule has 0 amide bonds. The fraction of sp³-hybridized carbons (Fsp3) is 0.353. The van der Waals surface area contributed by atoms with Crippen LogP contribution >= 0.6 is 0 Å². The number of benzene rings is 1. The van der Waals surface area contributed by atoms with Gasteiger partial charge in [0.25, 0.3) is 0 Å². The molecule has 3 heterocycles.